The second-order valence-electron chi connectivity index (χ2n) is 7.31. The van der Waals surface area contributed by atoms with Crippen LogP contribution in [0, 0.1) is 5.92 Å². The number of hydrogen-bond donors (Lipinski definition) is 0. The van der Waals surface area contributed by atoms with Crippen molar-refractivity contribution in [3.63, 3.8) is 0 Å². The van der Waals surface area contributed by atoms with Crippen LogP contribution in [0.1, 0.15) is 27.9 Å². The number of nitrogens with zero attached hydrogens (tertiary/aromatic N) is 2. The third-order valence-electron chi connectivity index (χ3n) is 5.29. The van der Waals surface area contributed by atoms with Gasteiger partial charge in [-0.25, -0.2) is 0 Å². The van der Waals surface area contributed by atoms with Crippen molar-refractivity contribution in [1.29, 1.82) is 0 Å². The minimum atomic E-state index is -0.0530. The van der Waals surface area contributed by atoms with Crippen LogP contribution in [0.25, 0.3) is 0 Å². The molecule has 2 aliphatic rings. The molecule has 5 nitrogen and oxygen atoms in total. The molecule has 4 rings (SSSR count). The summed E-state index contributed by atoms with van der Waals surface area (Å²) in [5.74, 6) is 0.304. The lowest BCUT2D eigenvalue weighted by Crippen LogP contribution is -2.42. The van der Waals surface area contributed by atoms with E-state index in [-0.39, 0.29) is 18.4 Å². The van der Waals surface area contributed by atoms with Crippen molar-refractivity contribution in [2.75, 3.05) is 26.3 Å². The van der Waals surface area contributed by atoms with Gasteiger partial charge in [0.15, 0.2) is 0 Å². The van der Waals surface area contributed by atoms with Crippen molar-refractivity contribution in [2.24, 2.45) is 5.92 Å². The van der Waals surface area contributed by atoms with Crippen molar-refractivity contribution in [3.8, 4) is 0 Å². The minimum Gasteiger partial charge on any atom is -0.381 e. The Bertz CT molecular complexity index is 815. The lowest BCUT2D eigenvalue weighted by molar-refractivity contribution is -0.133. The second-order valence-corrected chi connectivity index (χ2v) is 7.31. The van der Waals surface area contributed by atoms with E-state index in [2.05, 4.69) is 0 Å². The van der Waals surface area contributed by atoms with E-state index in [1.54, 1.807) is 4.90 Å². The highest BCUT2D eigenvalue weighted by atomic mass is 16.5. The molecule has 2 heterocycles. The Hall–Kier alpha value is -2.66. The number of carbonyl (C=O) groups is 2. The van der Waals surface area contributed by atoms with Crippen molar-refractivity contribution >= 4 is 11.8 Å². The molecule has 0 saturated carbocycles. The molecule has 1 unspecified atom stereocenters. The van der Waals surface area contributed by atoms with Crippen LogP contribution in [0.4, 0.5) is 0 Å². The number of benzene rings is 2. The maximum atomic E-state index is 13.1. The second kappa shape index (κ2) is 7.92. The molecule has 1 atom stereocenters. The average molecular weight is 364 g/mol. The topological polar surface area (TPSA) is 49.9 Å². The first-order valence-electron chi connectivity index (χ1n) is 9.47. The Morgan fingerprint density at radius 1 is 1.11 bits per heavy atom. The van der Waals surface area contributed by atoms with Crippen LogP contribution < -0.4 is 0 Å². The van der Waals surface area contributed by atoms with Crippen LogP contribution in [0.5, 0.6) is 0 Å². The smallest absolute Gasteiger partial charge is 0.254 e. The van der Waals surface area contributed by atoms with E-state index in [0.717, 1.165) is 24.2 Å². The molecule has 5 heteroatoms. The van der Waals surface area contributed by atoms with E-state index in [9.17, 15) is 9.59 Å². The minimum absolute atomic E-state index is 0.00749. The summed E-state index contributed by atoms with van der Waals surface area (Å²) in [4.78, 5) is 29.2. The van der Waals surface area contributed by atoms with Gasteiger partial charge in [-0.2, -0.15) is 0 Å². The molecule has 140 valence electrons. The van der Waals surface area contributed by atoms with Gasteiger partial charge in [-0.3, -0.25) is 9.59 Å². The van der Waals surface area contributed by atoms with Crippen LogP contribution in [0.2, 0.25) is 0 Å². The molecular formula is C22H24N2O3. The van der Waals surface area contributed by atoms with Gasteiger partial charge in [0.1, 0.15) is 6.54 Å². The SMILES string of the molecule is O=C(CN1Cc2ccccc2C1=O)N(Cc1ccccc1)CC1CCOC1. The quantitative estimate of drug-likeness (QED) is 0.792. The van der Waals surface area contributed by atoms with Gasteiger partial charge in [0.25, 0.3) is 5.91 Å². The van der Waals surface area contributed by atoms with E-state index in [0.29, 0.717) is 37.7 Å². The molecule has 0 bridgehead atoms. The molecule has 0 N–H and O–H groups in total. The Morgan fingerprint density at radius 3 is 2.63 bits per heavy atom. The van der Waals surface area contributed by atoms with Crippen molar-refractivity contribution < 1.29 is 14.3 Å². The molecule has 1 saturated heterocycles. The summed E-state index contributed by atoms with van der Waals surface area (Å²) in [7, 11) is 0. The molecular weight excluding hydrogens is 340 g/mol. The summed E-state index contributed by atoms with van der Waals surface area (Å²) in [6.45, 7) is 3.32. The number of rotatable bonds is 6. The zero-order chi connectivity index (χ0) is 18.6. The summed E-state index contributed by atoms with van der Waals surface area (Å²) in [6.07, 6.45) is 0.979. The Labute approximate surface area is 159 Å². The predicted octanol–water partition coefficient (Wildman–Crippen LogP) is 2.71. The van der Waals surface area contributed by atoms with Crippen LogP contribution in [0.3, 0.4) is 0 Å². The number of amides is 2. The molecule has 2 amide bonds. The first-order chi connectivity index (χ1) is 13.2. The standard InChI is InChI=1S/C22H24N2O3/c25-21(15-24-14-19-8-4-5-9-20(19)22(24)26)23(13-18-10-11-27-16-18)12-17-6-2-1-3-7-17/h1-9,18H,10-16H2. The molecule has 2 aliphatic heterocycles. The first-order valence-corrected chi connectivity index (χ1v) is 9.47. The zero-order valence-electron chi connectivity index (χ0n) is 15.3. The van der Waals surface area contributed by atoms with E-state index >= 15 is 0 Å². The Kier molecular flexibility index (Phi) is 5.21. The van der Waals surface area contributed by atoms with Gasteiger partial charge in [-0.1, -0.05) is 48.5 Å². The van der Waals surface area contributed by atoms with Crippen LogP contribution in [-0.4, -0.2) is 47.9 Å². The lowest BCUT2D eigenvalue weighted by atomic mass is 10.1. The summed E-state index contributed by atoms with van der Waals surface area (Å²) >= 11 is 0. The number of carbonyl (C=O) groups excluding carboxylic acids is 2. The molecule has 0 radical (unpaired) electrons. The van der Waals surface area contributed by atoms with E-state index in [4.69, 9.17) is 4.74 Å². The van der Waals surface area contributed by atoms with Crippen molar-refractivity contribution in [3.05, 3.63) is 71.3 Å². The maximum absolute atomic E-state index is 13.1. The molecule has 2 aromatic carbocycles. The molecule has 0 spiro atoms. The fourth-order valence-corrected chi connectivity index (χ4v) is 3.80. The molecule has 2 aromatic rings. The number of hydrogen-bond acceptors (Lipinski definition) is 3. The van der Waals surface area contributed by atoms with Gasteiger partial charge < -0.3 is 14.5 Å². The average Bonchev–Trinajstić information content (AvgIpc) is 3.31. The van der Waals surface area contributed by atoms with Gasteiger partial charge >= 0.3 is 0 Å². The number of ether oxygens (including phenoxy) is 1. The van der Waals surface area contributed by atoms with Crippen LogP contribution in [-0.2, 0) is 22.6 Å². The summed E-state index contributed by atoms with van der Waals surface area (Å²) in [6, 6.07) is 17.6. The fourth-order valence-electron chi connectivity index (χ4n) is 3.80. The first kappa shape index (κ1) is 17.7. The molecule has 0 aliphatic carbocycles. The van der Waals surface area contributed by atoms with E-state index < -0.39 is 0 Å². The molecule has 27 heavy (non-hydrogen) atoms. The monoisotopic (exact) mass is 364 g/mol. The largest absolute Gasteiger partial charge is 0.381 e. The normalized spacial score (nSPS) is 18.6. The third-order valence-corrected chi connectivity index (χ3v) is 5.29. The Morgan fingerprint density at radius 2 is 1.89 bits per heavy atom. The van der Waals surface area contributed by atoms with Gasteiger partial charge in [-0.05, 0) is 23.6 Å². The summed E-state index contributed by atoms with van der Waals surface area (Å²) < 4.78 is 5.48. The Balaban J connectivity index is 1.46. The highest BCUT2D eigenvalue weighted by Gasteiger charge is 2.30. The van der Waals surface area contributed by atoms with Gasteiger partial charge in [0.05, 0.1) is 6.61 Å². The fraction of sp³-hybridized carbons (Fsp3) is 0.364. The van der Waals surface area contributed by atoms with E-state index in [1.807, 2.05) is 59.5 Å². The maximum Gasteiger partial charge on any atom is 0.254 e. The lowest BCUT2D eigenvalue weighted by Gasteiger charge is -2.27. The number of fused-ring (bicyclic) bond motifs is 1. The van der Waals surface area contributed by atoms with Crippen molar-refractivity contribution in [2.45, 2.75) is 19.5 Å². The zero-order valence-corrected chi connectivity index (χ0v) is 15.3. The molecule has 1 fully saturated rings. The van der Waals surface area contributed by atoms with Gasteiger partial charge in [-0.15, -0.1) is 0 Å². The predicted molar refractivity (Wildman–Crippen MR) is 102 cm³/mol. The van der Waals surface area contributed by atoms with Crippen molar-refractivity contribution in [1.82, 2.24) is 9.80 Å². The van der Waals surface area contributed by atoms with Crippen LogP contribution >= 0.6 is 0 Å². The highest BCUT2D eigenvalue weighted by molar-refractivity contribution is 6.00. The van der Waals surface area contributed by atoms with Gasteiger partial charge in [0.2, 0.25) is 5.91 Å². The van der Waals surface area contributed by atoms with Gasteiger partial charge in [0, 0.05) is 37.7 Å². The molecule has 0 aromatic heterocycles. The third kappa shape index (κ3) is 4.03. The highest BCUT2D eigenvalue weighted by Crippen LogP contribution is 2.23. The van der Waals surface area contributed by atoms with Crippen LogP contribution in [0.15, 0.2) is 54.6 Å². The summed E-state index contributed by atoms with van der Waals surface area (Å²) in [5, 5.41) is 0. The summed E-state index contributed by atoms with van der Waals surface area (Å²) in [5.41, 5.74) is 2.80. The van der Waals surface area contributed by atoms with E-state index in [1.165, 1.54) is 0 Å².